The summed E-state index contributed by atoms with van der Waals surface area (Å²) in [6, 6.07) is 12.1. The van der Waals surface area contributed by atoms with E-state index in [-0.39, 0.29) is 0 Å². The molecular weight excluding hydrogens is 278 g/mol. The SMILES string of the molecule is Cn1nc(-c2ccccc2)cc1CN1CC=CC(C(=O)O)C1. The number of benzene rings is 1. The second-order valence-electron chi connectivity index (χ2n) is 5.58. The molecule has 0 aliphatic carbocycles. The number of carboxylic acids is 1. The van der Waals surface area contributed by atoms with Crippen LogP contribution in [0.1, 0.15) is 5.69 Å². The van der Waals surface area contributed by atoms with Crippen molar-refractivity contribution in [3.05, 3.63) is 54.2 Å². The first kappa shape index (κ1) is 14.5. The van der Waals surface area contributed by atoms with Gasteiger partial charge in [0.2, 0.25) is 0 Å². The van der Waals surface area contributed by atoms with Gasteiger partial charge in [0, 0.05) is 32.2 Å². The van der Waals surface area contributed by atoms with E-state index < -0.39 is 11.9 Å². The van der Waals surface area contributed by atoms with E-state index in [4.69, 9.17) is 5.11 Å². The third-order valence-corrected chi connectivity index (χ3v) is 3.94. The maximum Gasteiger partial charge on any atom is 0.311 e. The number of rotatable bonds is 4. The van der Waals surface area contributed by atoms with Crippen LogP contribution in [-0.4, -0.2) is 38.8 Å². The lowest BCUT2D eigenvalue weighted by molar-refractivity contribution is -0.140. The molecular formula is C17H19N3O2. The summed E-state index contributed by atoms with van der Waals surface area (Å²) >= 11 is 0. The number of nitrogens with zero attached hydrogens (tertiary/aromatic N) is 3. The van der Waals surface area contributed by atoms with Crippen LogP contribution in [0.2, 0.25) is 0 Å². The largest absolute Gasteiger partial charge is 0.481 e. The van der Waals surface area contributed by atoms with Crippen molar-refractivity contribution in [3.8, 4) is 11.3 Å². The molecule has 0 amide bonds. The van der Waals surface area contributed by atoms with Crippen molar-refractivity contribution >= 4 is 5.97 Å². The summed E-state index contributed by atoms with van der Waals surface area (Å²) in [4.78, 5) is 13.2. The second-order valence-corrected chi connectivity index (χ2v) is 5.58. The van der Waals surface area contributed by atoms with Crippen LogP contribution in [0.5, 0.6) is 0 Å². The molecule has 1 aromatic carbocycles. The number of carbonyl (C=O) groups is 1. The van der Waals surface area contributed by atoms with Gasteiger partial charge in [-0.05, 0) is 6.07 Å². The van der Waals surface area contributed by atoms with Crippen LogP contribution in [0.4, 0.5) is 0 Å². The minimum Gasteiger partial charge on any atom is -0.481 e. The summed E-state index contributed by atoms with van der Waals surface area (Å²) in [5.74, 6) is -1.19. The molecule has 1 aliphatic heterocycles. The Labute approximate surface area is 129 Å². The maximum absolute atomic E-state index is 11.1. The van der Waals surface area contributed by atoms with Crippen LogP contribution in [0.3, 0.4) is 0 Å². The third kappa shape index (κ3) is 3.09. The molecule has 5 nitrogen and oxygen atoms in total. The van der Waals surface area contributed by atoms with E-state index in [9.17, 15) is 4.79 Å². The summed E-state index contributed by atoms with van der Waals surface area (Å²) in [7, 11) is 1.93. The van der Waals surface area contributed by atoms with Gasteiger partial charge in [-0.3, -0.25) is 14.4 Å². The Morgan fingerprint density at radius 1 is 1.36 bits per heavy atom. The van der Waals surface area contributed by atoms with Gasteiger partial charge >= 0.3 is 5.97 Å². The smallest absolute Gasteiger partial charge is 0.311 e. The van der Waals surface area contributed by atoms with Crippen LogP contribution in [0.25, 0.3) is 11.3 Å². The van der Waals surface area contributed by atoms with Gasteiger partial charge in [0.15, 0.2) is 0 Å². The molecule has 3 rings (SSSR count). The van der Waals surface area contributed by atoms with Crippen LogP contribution < -0.4 is 0 Å². The molecule has 22 heavy (non-hydrogen) atoms. The highest BCUT2D eigenvalue weighted by atomic mass is 16.4. The van der Waals surface area contributed by atoms with Gasteiger partial charge in [0.1, 0.15) is 0 Å². The predicted octanol–water partition coefficient (Wildman–Crippen LogP) is 2.16. The van der Waals surface area contributed by atoms with Gasteiger partial charge in [-0.15, -0.1) is 0 Å². The van der Waals surface area contributed by atoms with E-state index in [1.54, 1.807) is 6.08 Å². The Morgan fingerprint density at radius 3 is 2.86 bits per heavy atom. The molecule has 5 heteroatoms. The molecule has 2 heterocycles. The zero-order chi connectivity index (χ0) is 15.5. The highest BCUT2D eigenvalue weighted by molar-refractivity contribution is 5.72. The minimum atomic E-state index is -0.768. The summed E-state index contributed by atoms with van der Waals surface area (Å²) in [6.07, 6.45) is 3.70. The van der Waals surface area contributed by atoms with Crippen LogP contribution >= 0.6 is 0 Å². The lowest BCUT2D eigenvalue weighted by Gasteiger charge is -2.26. The number of carboxylic acid groups (broad SMARTS) is 1. The van der Waals surface area contributed by atoms with E-state index >= 15 is 0 Å². The first-order valence-electron chi connectivity index (χ1n) is 7.33. The van der Waals surface area contributed by atoms with Gasteiger partial charge in [-0.25, -0.2) is 0 Å². The first-order chi connectivity index (χ1) is 10.6. The Bertz CT molecular complexity index is 691. The van der Waals surface area contributed by atoms with Crippen LogP contribution in [-0.2, 0) is 18.4 Å². The highest BCUT2D eigenvalue weighted by Crippen LogP contribution is 2.20. The van der Waals surface area contributed by atoms with Gasteiger partial charge in [0.05, 0.1) is 17.3 Å². The van der Waals surface area contributed by atoms with Crippen LogP contribution in [0, 0.1) is 5.92 Å². The lowest BCUT2D eigenvalue weighted by atomic mass is 10.1. The molecule has 0 spiro atoms. The Morgan fingerprint density at radius 2 is 2.14 bits per heavy atom. The summed E-state index contributed by atoms with van der Waals surface area (Å²) in [5, 5.41) is 13.7. The Balaban J connectivity index is 1.75. The lowest BCUT2D eigenvalue weighted by Crippen LogP contribution is -2.35. The van der Waals surface area contributed by atoms with E-state index in [1.165, 1.54) is 0 Å². The zero-order valence-electron chi connectivity index (χ0n) is 12.5. The van der Waals surface area contributed by atoms with E-state index in [1.807, 2.05) is 48.1 Å². The molecule has 1 unspecified atom stereocenters. The second kappa shape index (κ2) is 6.15. The number of aliphatic carboxylic acids is 1. The normalized spacial score (nSPS) is 18.5. The topological polar surface area (TPSA) is 58.4 Å². The number of hydrogen-bond acceptors (Lipinski definition) is 3. The highest BCUT2D eigenvalue weighted by Gasteiger charge is 2.22. The standard InChI is InChI=1S/C17H19N3O2/c1-19-15(10-16(18-19)13-6-3-2-4-7-13)12-20-9-5-8-14(11-20)17(21)22/h2-8,10,14H,9,11-12H2,1H3,(H,21,22). The van der Waals surface area contributed by atoms with Gasteiger partial charge < -0.3 is 5.11 Å². The molecule has 0 fully saturated rings. The zero-order valence-corrected chi connectivity index (χ0v) is 12.5. The maximum atomic E-state index is 11.1. The molecule has 1 aliphatic rings. The van der Waals surface area contributed by atoms with Crippen molar-refractivity contribution in [2.45, 2.75) is 6.54 Å². The fourth-order valence-electron chi connectivity index (χ4n) is 2.71. The Hall–Kier alpha value is -2.40. The van der Waals surface area contributed by atoms with Crippen LogP contribution in [0.15, 0.2) is 48.6 Å². The quantitative estimate of drug-likeness (QED) is 0.879. The molecule has 0 saturated heterocycles. The van der Waals surface area contributed by atoms with Crippen molar-refractivity contribution in [1.82, 2.24) is 14.7 Å². The molecule has 1 atom stereocenters. The average molecular weight is 297 g/mol. The first-order valence-corrected chi connectivity index (χ1v) is 7.33. The summed E-state index contributed by atoms with van der Waals surface area (Å²) < 4.78 is 1.87. The van der Waals surface area contributed by atoms with Crippen molar-refractivity contribution in [3.63, 3.8) is 0 Å². The summed E-state index contributed by atoms with van der Waals surface area (Å²) in [6.45, 7) is 2.01. The predicted molar refractivity (Wildman–Crippen MR) is 84.2 cm³/mol. The van der Waals surface area contributed by atoms with Gasteiger partial charge in [0.25, 0.3) is 0 Å². The third-order valence-electron chi connectivity index (χ3n) is 3.94. The fraction of sp³-hybridized carbons (Fsp3) is 0.294. The van der Waals surface area contributed by atoms with Gasteiger partial charge in [-0.1, -0.05) is 42.5 Å². The molecule has 0 saturated carbocycles. The van der Waals surface area contributed by atoms with E-state index in [0.29, 0.717) is 13.1 Å². The monoisotopic (exact) mass is 297 g/mol. The molecule has 1 aromatic heterocycles. The van der Waals surface area contributed by atoms with Crippen molar-refractivity contribution in [2.75, 3.05) is 13.1 Å². The van der Waals surface area contributed by atoms with Crippen molar-refractivity contribution in [2.24, 2.45) is 13.0 Å². The number of aryl methyl sites for hydroxylation is 1. The van der Waals surface area contributed by atoms with Crippen molar-refractivity contribution in [1.29, 1.82) is 0 Å². The van der Waals surface area contributed by atoms with Crippen molar-refractivity contribution < 1.29 is 9.90 Å². The molecule has 1 N–H and O–H groups in total. The van der Waals surface area contributed by atoms with E-state index in [0.717, 1.165) is 23.5 Å². The molecule has 2 aromatic rings. The van der Waals surface area contributed by atoms with E-state index in [2.05, 4.69) is 16.1 Å². The Kier molecular flexibility index (Phi) is 4.06. The average Bonchev–Trinajstić information content (AvgIpc) is 2.89. The van der Waals surface area contributed by atoms with Gasteiger partial charge in [-0.2, -0.15) is 5.10 Å². The minimum absolute atomic E-state index is 0.421. The fourth-order valence-corrected chi connectivity index (χ4v) is 2.71. The molecule has 0 bridgehead atoms. The molecule has 0 radical (unpaired) electrons. The number of aromatic nitrogens is 2. The molecule has 114 valence electrons. The summed E-state index contributed by atoms with van der Waals surface area (Å²) in [5.41, 5.74) is 3.12. The number of hydrogen-bond donors (Lipinski definition) is 1.